The first-order valence-corrected chi connectivity index (χ1v) is 5.76. The summed E-state index contributed by atoms with van der Waals surface area (Å²) in [5, 5.41) is 9.43. The molecule has 92 valence electrons. The number of benzene rings is 2. The minimum Gasteiger partial charge on any atom is -0.389 e. The molecule has 0 aromatic heterocycles. The number of hydrogen-bond acceptors (Lipinski definition) is 2. The highest BCUT2D eigenvalue weighted by Crippen LogP contribution is 2.22. The fourth-order valence-corrected chi connectivity index (χ4v) is 1.78. The molecule has 3 heteroatoms. The zero-order chi connectivity index (χ0) is 13.1. The summed E-state index contributed by atoms with van der Waals surface area (Å²) in [4.78, 5) is 11.0. The van der Waals surface area contributed by atoms with Gasteiger partial charge in [0.25, 0.3) is 0 Å². The van der Waals surface area contributed by atoms with Gasteiger partial charge in [0, 0.05) is 5.56 Å². The van der Waals surface area contributed by atoms with Crippen LogP contribution >= 0.6 is 0 Å². The van der Waals surface area contributed by atoms with Crippen LogP contribution in [0.2, 0.25) is 0 Å². The molecule has 0 aliphatic heterocycles. The SMILES string of the molecule is C[C@@H](O)c1ccc(-c2ccc(C(N)=O)cc2)cc1. The Hall–Kier alpha value is -2.13. The van der Waals surface area contributed by atoms with Gasteiger partial charge in [-0.25, -0.2) is 0 Å². The van der Waals surface area contributed by atoms with Crippen molar-refractivity contribution in [3.8, 4) is 11.1 Å². The van der Waals surface area contributed by atoms with E-state index in [9.17, 15) is 9.90 Å². The van der Waals surface area contributed by atoms with Gasteiger partial charge in [-0.05, 0) is 35.7 Å². The molecule has 0 bridgehead atoms. The second-order valence-electron chi connectivity index (χ2n) is 4.24. The molecule has 0 aliphatic carbocycles. The van der Waals surface area contributed by atoms with Gasteiger partial charge in [-0.15, -0.1) is 0 Å². The minimum absolute atomic E-state index is 0.425. The summed E-state index contributed by atoms with van der Waals surface area (Å²) in [5.74, 6) is -0.425. The van der Waals surface area contributed by atoms with E-state index in [1.165, 1.54) is 0 Å². The Bertz CT molecular complexity index is 542. The maximum absolute atomic E-state index is 11.0. The molecule has 1 atom stereocenters. The van der Waals surface area contributed by atoms with Gasteiger partial charge in [-0.2, -0.15) is 0 Å². The van der Waals surface area contributed by atoms with Crippen LogP contribution in [0.5, 0.6) is 0 Å². The van der Waals surface area contributed by atoms with Crippen LogP contribution in [0.25, 0.3) is 11.1 Å². The van der Waals surface area contributed by atoms with Crippen molar-refractivity contribution in [1.82, 2.24) is 0 Å². The van der Waals surface area contributed by atoms with E-state index in [2.05, 4.69) is 0 Å². The van der Waals surface area contributed by atoms with Crippen molar-refractivity contribution in [2.75, 3.05) is 0 Å². The largest absolute Gasteiger partial charge is 0.389 e. The van der Waals surface area contributed by atoms with Crippen molar-refractivity contribution in [3.05, 3.63) is 59.7 Å². The Balaban J connectivity index is 2.28. The first-order valence-electron chi connectivity index (χ1n) is 5.76. The second-order valence-corrected chi connectivity index (χ2v) is 4.24. The first kappa shape index (κ1) is 12.3. The van der Waals surface area contributed by atoms with Crippen LogP contribution in [-0.4, -0.2) is 11.0 Å². The number of hydrogen-bond donors (Lipinski definition) is 2. The minimum atomic E-state index is -0.462. The van der Waals surface area contributed by atoms with E-state index in [1.54, 1.807) is 19.1 Å². The first-order chi connectivity index (χ1) is 8.58. The monoisotopic (exact) mass is 241 g/mol. The molecule has 0 aliphatic rings. The third kappa shape index (κ3) is 2.57. The van der Waals surface area contributed by atoms with Crippen molar-refractivity contribution >= 4 is 5.91 Å². The quantitative estimate of drug-likeness (QED) is 0.867. The summed E-state index contributed by atoms with van der Waals surface area (Å²) in [6.45, 7) is 1.73. The highest BCUT2D eigenvalue weighted by molar-refractivity contribution is 5.93. The standard InChI is InChI=1S/C15H15NO2/c1-10(17)11-2-4-12(5-3-11)13-6-8-14(9-7-13)15(16)18/h2-10,17H,1H3,(H2,16,18)/t10-/m1/s1. The van der Waals surface area contributed by atoms with Crippen molar-refractivity contribution in [1.29, 1.82) is 0 Å². The average Bonchev–Trinajstić information content (AvgIpc) is 2.39. The Morgan fingerprint density at radius 3 is 1.83 bits per heavy atom. The molecular formula is C15H15NO2. The number of nitrogens with two attached hydrogens (primary N) is 1. The zero-order valence-corrected chi connectivity index (χ0v) is 10.1. The van der Waals surface area contributed by atoms with Gasteiger partial charge < -0.3 is 10.8 Å². The van der Waals surface area contributed by atoms with Gasteiger partial charge >= 0.3 is 0 Å². The van der Waals surface area contributed by atoms with Crippen molar-refractivity contribution in [2.24, 2.45) is 5.73 Å². The fourth-order valence-electron chi connectivity index (χ4n) is 1.78. The second kappa shape index (κ2) is 5.02. The van der Waals surface area contributed by atoms with E-state index >= 15 is 0 Å². The smallest absolute Gasteiger partial charge is 0.248 e. The molecular weight excluding hydrogens is 226 g/mol. The number of carbonyl (C=O) groups excluding carboxylic acids is 1. The normalized spacial score (nSPS) is 12.1. The number of carbonyl (C=O) groups is 1. The van der Waals surface area contributed by atoms with Crippen molar-refractivity contribution < 1.29 is 9.90 Å². The van der Waals surface area contributed by atoms with Crippen LogP contribution in [-0.2, 0) is 0 Å². The van der Waals surface area contributed by atoms with Crippen LogP contribution in [0, 0.1) is 0 Å². The van der Waals surface area contributed by atoms with E-state index < -0.39 is 12.0 Å². The number of primary amides is 1. The van der Waals surface area contributed by atoms with Gasteiger partial charge in [0.1, 0.15) is 0 Å². The molecule has 3 N–H and O–H groups in total. The third-order valence-electron chi connectivity index (χ3n) is 2.90. The summed E-state index contributed by atoms with van der Waals surface area (Å²) in [6.07, 6.45) is -0.462. The van der Waals surface area contributed by atoms with Crippen molar-refractivity contribution in [3.63, 3.8) is 0 Å². The predicted molar refractivity (Wildman–Crippen MR) is 71.0 cm³/mol. The Morgan fingerprint density at radius 1 is 1.00 bits per heavy atom. The van der Waals surface area contributed by atoms with Gasteiger partial charge in [0.2, 0.25) is 5.91 Å². The van der Waals surface area contributed by atoms with Gasteiger partial charge in [-0.3, -0.25) is 4.79 Å². The lowest BCUT2D eigenvalue weighted by atomic mass is 10.0. The van der Waals surface area contributed by atoms with E-state index in [1.807, 2.05) is 36.4 Å². The molecule has 0 heterocycles. The molecule has 2 aromatic rings. The molecule has 0 radical (unpaired) electrons. The summed E-state index contributed by atoms with van der Waals surface area (Å²) in [5.41, 5.74) is 8.62. The topological polar surface area (TPSA) is 63.3 Å². The molecule has 2 aromatic carbocycles. The van der Waals surface area contributed by atoms with Crippen molar-refractivity contribution in [2.45, 2.75) is 13.0 Å². The number of aliphatic hydroxyl groups is 1. The van der Waals surface area contributed by atoms with Crippen LogP contribution in [0.3, 0.4) is 0 Å². The molecule has 0 unspecified atom stereocenters. The molecule has 0 saturated heterocycles. The number of rotatable bonds is 3. The Labute approximate surface area is 106 Å². The molecule has 0 fully saturated rings. The fraction of sp³-hybridized carbons (Fsp3) is 0.133. The van der Waals surface area contributed by atoms with Crippen LogP contribution in [0.1, 0.15) is 28.9 Å². The molecule has 2 rings (SSSR count). The third-order valence-corrected chi connectivity index (χ3v) is 2.90. The highest BCUT2D eigenvalue weighted by atomic mass is 16.3. The lowest BCUT2D eigenvalue weighted by Gasteiger charge is -2.07. The summed E-state index contributed by atoms with van der Waals surface area (Å²) in [7, 11) is 0. The number of amides is 1. The maximum Gasteiger partial charge on any atom is 0.248 e. The predicted octanol–water partition coefficient (Wildman–Crippen LogP) is 2.51. The molecule has 0 spiro atoms. The molecule has 1 amide bonds. The van der Waals surface area contributed by atoms with Crippen LogP contribution in [0.4, 0.5) is 0 Å². The highest BCUT2D eigenvalue weighted by Gasteiger charge is 2.03. The van der Waals surface area contributed by atoms with E-state index in [0.717, 1.165) is 16.7 Å². The van der Waals surface area contributed by atoms with Gasteiger partial charge in [-0.1, -0.05) is 36.4 Å². The average molecular weight is 241 g/mol. The number of aliphatic hydroxyl groups excluding tert-OH is 1. The molecule has 18 heavy (non-hydrogen) atoms. The lowest BCUT2D eigenvalue weighted by molar-refractivity contribution is 0.100. The maximum atomic E-state index is 11.0. The van der Waals surface area contributed by atoms with Crippen LogP contribution in [0.15, 0.2) is 48.5 Å². The Morgan fingerprint density at radius 2 is 1.44 bits per heavy atom. The van der Waals surface area contributed by atoms with E-state index in [0.29, 0.717) is 5.56 Å². The van der Waals surface area contributed by atoms with E-state index in [4.69, 9.17) is 5.73 Å². The molecule has 0 saturated carbocycles. The summed E-state index contributed by atoms with van der Waals surface area (Å²) in [6, 6.07) is 14.8. The summed E-state index contributed by atoms with van der Waals surface area (Å²) >= 11 is 0. The zero-order valence-electron chi connectivity index (χ0n) is 10.1. The van der Waals surface area contributed by atoms with E-state index in [-0.39, 0.29) is 0 Å². The van der Waals surface area contributed by atoms with Gasteiger partial charge in [0.15, 0.2) is 0 Å². The van der Waals surface area contributed by atoms with Gasteiger partial charge in [0.05, 0.1) is 6.10 Å². The summed E-state index contributed by atoms with van der Waals surface area (Å²) < 4.78 is 0. The lowest BCUT2D eigenvalue weighted by Crippen LogP contribution is -2.10. The molecule has 3 nitrogen and oxygen atoms in total. The Kier molecular flexibility index (Phi) is 3.44. The van der Waals surface area contributed by atoms with Crippen LogP contribution < -0.4 is 5.73 Å².